The maximum Gasteiger partial charge on any atom is 0.257 e. The van der Waals surface area contributed by atoms with Crippen LogP contribution in [0.25, 0.3) is 0 Å². The van der Waals surface area contributed by atoms with Gasteiger partial charge >= 0.3 is 0 Å². The van der Waals surface area contributed by atoms with Crippen LogP contribution in [0.5, 0.6) is 0 Å². The zero-order valence-electron chi connectivity index (χ0n) is 15.2. The zero-order chi connectivity index (χ0) is 20.9. The second-order valence-corrected chi connectivity index (χ2v) is 8.85. The third-order valence-electron chi connectivity index (χ3n) is 4.14. The van der Waals surface area contributed by atoms with Gasteiger partial charge in [-0.05, 0) is 54.4 Å². The summed E-state index contributed by atoms with van der Waals surface area (Å²) in [6.07, 6.45) is 0.592. The molecule has 0 bridgehead atoms. The van der Waals surface area contributed by atoms with Gasteiger partial charge in [0.1, 0.15) is 0 Å². The van der Waals surface area contributed by atoms with Crippen LogP contribution in [0.4, 0.5) is 5.69 Å². The van der Waals surface area contributed by atoms with Crippen LogP contribution < -0.4 is 10.0 Å². The molecule has 0 unspecified atom stereocenters. The molecule has 150 valence electrons. The lowest BCUT2D eigenvalue weighted by Crippen LogP contribution is -2.26. The highest BCUT2D eigenvalue weighted by Crippen LogP contribution is 2.22. The van der Waals surface area contributed by atoms with Crippen molar-refractivity contribution in [2.45, 2.75) is 11.3 Å². The Morgan fingerprint density at radius 2 is 1.59 bits per heavy atom. The van der Waals surface area contributed by atoms with Gasteiger partial charge in [0, 0.05) is 17.3 Å². The molecular formula is C21H18Cl2N2O3S. The van der Waals surface area contributed by atoms with Crippen molar-refractivity contribution in [3.8, 4) is 0 Å². The number of hydrogen-bond acceptors (Lipinski definition) is 3. The van der Waals surface area contributed by atoms with Crippen molar-refractivity contribution < 1.29 is 13.2 Å². The molecule has 0 aliphatic carbocycles. The van der Waals surface area contributed by atoms with Gasteiger partial charge in [-0.15, -0.1) is 0 Å². The summed E-state index contributed by atoms with van der Waals surface area (Å²) in [5, 5.41) is 3.34. The third kappa shape index (κ3) is 5.81. The number of rotatable bonds is 7. The van der Waals surface area contributed by atoms with Crippen LogP contribution in [0, 0.1) is 0 Å². The molecule has 0 saturated carbocycles. The van der Waals surface area contributed by atoms with E-state index in [0.29, 0.717) is 17.1 Å². The van der Waals surface area contributed by atoms with Gasteiger partial charge in [0.2, 0.25) is 10.0 Å². The van der Waals surface area contributed by atoms with Crippen molar-refractivity contribution in [2.24, 2.45) is 0 Å². The summed E-state index contributed by atoms with van der Waals surface area (Å²) in [6, 6.07) is 20.1. The van der Waals surface area contributed by atoms with Crippen LogP contribution in [0.15, 0.2) is 77.7 Å². The molecule has 3 aromatic rings. The van der Waals surface area contributed by atoms with Crippen molar-refractivity contribution in [3.63, 3.8) is 0 Å². The minimum absolute atomic E-state index is 0.115. The number of amides is 1. The summed E-state index contributed by atoms with van der Waals surface area (Å²) in [5.41, 5.74) is 1.72. The van der Waals surface area contributed by atoms with Crippen molar-refractivity contribution in [2.75, 3.05) is 11.9 Å². The molecule has 0 atom stereocenters. The van der Waals surface area contributed by atoms with Crippen LogP contribution in [-0.4, -0.2) is 20.9 Å². The Morgan fingerprint density at radius 1 is 0.897 bits per heavy atom. The molecule has 0 saturated heterocycles. The number of carbonyl (C=O) groups excluding carboxylic acids is 1. The smallest absolute Gasteiger partial charge is 0.257 e. The number of anilines is 1. The fourth-order valence-electron chi connectivity index (χ4n) is 2.65. The summed E-state index contributed by atoms with van der Waals surface area (Å²) in [5.74, 6) is -0.436. The zero-order valence-corrected chi connectivity index (χ0v) is 17.6. The van der Waals surface area contributed by atoms with Gasteiger partial charge in [-0.2, -0.15) is 0 Å². The minimum atomic E-state index is -3.64. The molecule has 0 heterocycles. The van der Waals surface area contributed by atoms with Crippen LogP contribution in [0.2, 0.25) is 10.0 Å². The van der Waals surface area contributed by atoms with E-state index in [-0.39, 0.29) is 22.0 Å². The van der Waals surface area contributed by atoms with Gasteiger partial charge in [0.15, 0.2) is 0 Å². The topological polar surface area (TPSA) is 75.3 Å². The Balaban J connectivity index is 1.62. The van der Waals surface area contributed by atoms with E-state index in [1.54, 1.807) is 6.07 Å². The fourth-order valence-corrected chi connectivity index (χ4v) is 4.05. The lowest BCUT2D eigenvalue weighted by molar-refractivity contribution is 0.102. The number of benzene rings is 3. The van der Waals surface area contributed by atoms with Gasteiger partial charge < -0.3 is 5.32 Å². The van der Waals surface area contributed by atoms with E-state index in [4.69, 9.17) is 23.2 Å². The van der Waals surface area contributed by atoms with Crippen LogP contribution in [0.1, 0.15) is 15.9 Å². The van der Waals surface area contributed by atoms with Crippen molar-refractivity contribution >= 4 is 44.8 Å². The van der Waals surface area contributed by atoms with Crippen molar-refractivity contribution in [1.82, 2.24) is 4.72 Å². The molecule has 2 N–H and O–H groups in total. The Morgan fingerprint density at radius 3 is 2.28 bits per heavy atom. The van der Waals surface area contributed by atoms with Crippen molar-refractivity contribution in [1.29, 1.82) is 0 Å². The Bertz CT molecular complexity index is 1100. The maximum absolute atomic E-state index is 12.4. The highest BCUT2D eigenvalue weighted by Gasteiger charge is 2.15. The highest BCUT2D eigenvalue weighted by atomic mass is 35.5. The van der Waals surface area contributed by atoms with Crippen molar-refractivity contribution in [3.05, 3.63) is 94.0 Å². The average Bonchev–Trinajstić information content (AvgIpc) is 2.71. The maximum atomic E-state index is 12.4. The molecule has 0 aromatic heterocycles. The summed E-state index contributed by atoms with van der Waals surface area (Å²) in [6.45, 7) is 0.290. The second-order valence-electron chi connectivity index (χ2n) is 6.24. The molecule has 0 radical (unpaired) electrons. The monoisotopic (exact) mass is 448 g/mol. The molecule has 1 amide bonds. The Hall–Kier alpha value is -2.38. The number of hydrogen-bond donors (Lipinski definition) is 2. The first-order valence-corrected chi connectivity index (χ1v) is 11.0. The lowest BCUT2D eigenvalue weighted by atomic mass is 10.2. The Labute approximate surface area is 179 Å². The minimum Gasteiger partial charge on any atom is -0.322 e. The van der Waals surface area contributed by atoms with E-state index in [9.17, 15) is 13.2 Å². The summed E-state index contributed by atoms with van der Waals surface area (Å²) >= 11 is 11.9. The lowest BCUT2D eigenvalue weighted by Gasteiger charge is -2.10. The highest BCUT2D eigenvalue weighted by molar-refractivity contribution is 7.89. The van der Waals surface area contributed by atoms with E-state index in [2.05, 4.69) is 10.0 Å². The predicted octanol–water partition coefficient (Wildman–Crippen LogP) is 4.77. The van der Waals surface area contributed by atoms with Crippen LogP contribution in [0.3, 0.4) is 0 Å². The largest absolute Gasteiger partial charge is 0.322 e. The normalized spacial score (nSPS) is 11.2. The summed E-state index contributed by atoms with van der Waals surface area (Å²) in [4.78, 5) is 12.5. The fraction of sp³-hybridized carbons (Fsp3) is 0.0952. The Kier molecular flexibility index (Phi) is 6.92. The van der Waals surface area contributed by atoms with E-state index >= 15 is 0 Å². The van der Waals surface area contributed by atoms with Crippen LogP contribution in [-0.2, 0) is 16.4 Å². The first-order chi connectivity index (χ1) is 13.8. The van der Waals surface area contributed by atoms with Crippen LogP contribution >= 0.6 is 23.2 Å². The average molecular weight is 449 g/mol. The molecule has 29 heavy (non-hydrogen) atoms. The number of halogens is 2. The SMILES string of the molecule is O=C(Nc1ccc(S(=O)(=O)NCCc2ccccc2)cc1)c1cc(Cl)ccc1Cl. The summed E-state index contributed by atoms with van der Waals surface area (Å²) in [7, 11) is -3.64. The van der Waals surface area contributed by atoms with E-state index < -0.39 is 15.9 Å². The first kappa shape index (κ1) is 21.3. The van der Waals surface area contributed by atoms with Gasteiger partial charge in [0.05, 0.1) is 15.5 Å². The second kappa shape index (κ2) is 9.41. The molecule has 0 spiro atoms. The molecule has 0 aliphatic heterocycles. The molecule has 3 aromatic carbocycles. The molecule has 3 rings (SSSR count). The van der Waals surface area contributed by atoms with Gasteiger partial charge in [-0.3, -0.25) is 4.79 Å². The molecular weight excluding hydrogens is 431 g/mol. The first-order valence-electron chi connectivity index (χ1n) is 8.75. The number of carbonyl (C=O) groups is 1. The van der Waals surface area contributed by atoms with Gasteiger partial charge in [0.25, 0.3) is 5.91 Å². The third-order valence-corrected chi connectivity index (χ3v) is 6.19. The van der Waals surface area contributed by atoms with Gasteiger partial charge in [-0.1, -0.05) is 53.5 Å². The molecule has 5 nitrogen and oxygen atoms in total. The molecule has 0 aliphatic rings. The van der Waals surface area contributed by atoms with Gasteiger partial charge in [-0.25, -0.2) is 13.1 Å². The van der Waals surface area contributed by atoms with E-state index in [1.807, 2.05) is 30.3 Å². The molecule has 0 fully saturated rings. The predicted molar refractivity (Wildman–Crippen MR) is 116 cm³/mol. The standard InChI is InChI=1S/C21H18Cl2N2O3S/c22-16-6-11-20(23)19(14-16)21(26)25-17-7-9-18(10-8-17)29(27,28)24-13-12-15-4-2-1-3-5-15/h1-11,14,24H,12-13H2,(H,25,26). The number of nitrogens with one attached hydrogen (secondary N) is 2. The number of sulfonamides is 1. The van der Waals surface area contributed by atoms with E-state index in [0.717, 1.165) is 5.56 Å². The molecule has 8 heteroatoms. The summed E-state index contributed by atoms with van der Waals surface area (Å²) < 4.78 is 27.4. The van der Waals surface area contributed by atoms with E-state index in [1.165, 1.54) is 36.4 Å². The quantitative estimate of drug-likeness (QED) is 0.546.